The summed E-state index contributed by atoms with van der Waals surface area (Å²) in [5.74, 6) is 0. The second-order valence-corrected chi connectivity index (χ2v) is 5.16. The van der Waals surface area contributed by atoms with E-state index in [1.165, 1.54) is 0 Å². The second kappa shape index (κ2) is 4.37. The van der Waals surface area contributed by atoms with Crippen molar-refractivity contribution < 1.29 is 4.74 Å². The number of ether oxygens (including phenoxy) is 1. The molecule has 2 heterocycles. The standard InChI is InChI=1S/C11H23N3O/c1-13-5-3-11(4-6-13)9-14(2)8-10(7-12)15-11/h10H,3-9,12H2,1-2H3/t10-/m1/s1. The quantitative estimate of drug-likeness (QED) is 0.652. The van der Waals surface area contributed by atoms with Gasteiger partial charge in [-0.25, -0.2) is 0 Å². The van der Waals surface area contributed by atoms with Crippen molar-refractivity contribution >= 4 is 0 Å². The van der Waals surface area contributed by atoms with Crippen LogP contribution in [0.25, 0.3) is 0 Å². The highest BCUT2D eigenvalue weighted by Gasteiger charge is 2.40. The number of likely N-dealkylation sites (N-methyl/N-ethyl adjacent to an activating group) is 1. The van der Waals surface area contributed by atoms with Crippen LogP contribution in [0.1, 0.15) is 12.8 Å². The zero-order valence-electron chi connectivity index (χ0n) is 9.91. The van der Waals surface area contributed by atoms with Crippen LogP contribution in [-0.2, 0) is 4.74 Å². The first-order valence-electron chi connectivity index (χ1n) is 5.88. The molecule has 0 radical (unpaired) electrons. The third kappa shape index (κ3) is 2.50. The van der Waals surface area contributed by atoms with Gasteiger partial charge in [0.05, 0.1) is 11.7 Å². The SMILES string of the molecule is CN1CCC2(CC1)CN(C)C[C@@H](CN)O2. The number of hydrogen-bond acceptors (Lipinski definition) is 4. The summed E-state index contributed by atoms with van der Waals surface area (Å²) in [6.45, 7) is 4.98. The smallest absolute Gasteiger partial charge is 0.0838 e. The van der Waals surface area contributed by atoms with Gasteiger partial charge in [0.1, 0.15) is 0 Å². The molecular formula is C11H23N3O. The van der Waals surface area contributed by atoms with Crippen molar-refractivity contribution in [2.75, 3.05) is 46.8 Å². The van der Waals surface area contributed by atoms with E-state index in [1.54, 1.807) is 0 Å². The largest absolute Gasteiger partial charge is 0.368 e. The molecule has 2 aliphatic rings. The van der Waals surface area contributed by atoms with Gasteiger partial charge in [-0.3, -0.25) is 0 Å². The Morgan fingerprint density at radius 2 is 1.93 bits per heavy atom. The zero-order chi connectivity index (χ0) is 10.9. The Bertz CT molecular complexity index is 214. The number of nitrogens with two attached hydrogens (primary N) is 1. The molecule has 0 bridgehead atoms. The summed E-state index contributed by atoms with van der Waals surface area (Å²) in [5.41, 5.74) is 5.81. The van der Waals surface area contributed by atoms with Crippen LogP contribution in [0.4, 0.5) is 0 Å². The Balaban J connectivity index is 2.00. The number of likely N-dealkylation sites (tertiary alicyclic amines) is 1. The maximum atomic E-state index is 6.19. The van der Waals surface area contributed by atoms with Crippen molar-refractivity contribution in [3.63, 3.8) is 0 Å². The van der Waals surface area contributed by atoms with Gasteiger partial charge in [0.2, 0.25) is 0 Å². The van der Waals surface area contributed by atoms with Crippen molar-refractivity contribution in [1.29, 1.82) is 0 Å². The monoisotopic (exact) mass is 213 g/mol. The molecule has 2 rings (SSSR count). The summed E-state index contributed by atoms with van der Waals surface area (Å²) < 4.78 is 6.19. The first-order valence-corrected chi connectivity index (χ1v) is 5.88. The average molecular weight is 213 g/mol. The van der Waals surface area contributed by atoms with Crippen molar-refractivity contribution in [3.05, 3.63) is 0 Å². The lowest BCUT2D eigenvalue weighted by atomic mass is 9.89. The summed E-state index contributed by atoms with van der Waals surface area (Å²) in [7, 11) is 4.35. The molecule has 0 aromatic carbocycles. The predicted molar refractivity (Wildman–Crippen MR) is 60.9 cm³/mol. The zero-order valence-corrected chi connectivity index (χ0v) is 9.91. The predicted octanol–water partition coefficient (Wildman–Crippen LogP) is -0.260. The van der Waals surface area contributed by atoms with Crippen LogP contribution in [0.3, 0.4) is 0 Å². The van der Waals surface area contributed by atoms with Crippen molar-refractivity contribution in [2.45, 2.75) is 24.5 Å². The molecule has 0 amide bonds. The van der Waals surface area contributed by atoms with E-state index in [9.17, 15) is 0 Å². The summed E-state index contributed by atoms with van der Waals surface area (Å²) in [6, 6.07) is 0. The molecule has 4 heteroatoms. The minimum Gasteiger partial charge on any atom is -0.368 e. The number of hydrogen-bond donors (Lipinski definition) is 1. The van der Waals surface area contributed by atoms with E-state index in [4.69, 9.17) is 10.5 Å². The van der Waals surface area contributed by atoms with Crippen molar-refractivity contribution in [1.82, 2.24) is 9.80 Å². The molecule has 0 aromatic rings. The van der Waals surface area contributed by atoms with E-state index >= 15 is 0 Å². The molecular weight excluding hydrogens is 190 g/mol. The minimum atomic E-state index is 0.0869. The first-order chi connectivity index (χ1) is 7.13. The lowest BCUT2D eigenvalue weighted by Crippen LogP contribution is -2.59. The molecule has 0 saturated carbocycles. The normalized spacial score (nSPS) is 33.4. The molecule has 0 aromatic heterocycles. The molecule has 2 aliphatic heterocycles. The maximum Gasteiger partial charge on any atom is 0.0838 e. The van der Waals surface area contributed by atoms with Gasteiger partial charge in [0.15, 0.2) is 0 Å². The van der Waals surface area contributed by atoms with Gasteiger partial charge in [-0.05, 0) is 26.9 Å². The molecule has 2 fully saturated rings. The first kappa shape index (κ1) is 11.3. The van der Waals surface area contributed by atoms with Gasteiger partial charge < -0.3 is 20.3 Å². The fraction of sp³-hybridized carbons (Fsp3) is 1.00. The highest BCUT2D eigenvalue weighted by Crippen LogP contribution is 2.31. The highest BCUT2D eigenvalue weighted by atomic mass is 16.5. The fourth-order valence-electron chi connectivity index (χ4n) is 2.76. The van der Waals surface area contributed by atoms with E-state index < -0.39 is 0 Å². The number of piperidine rings is 1. The average Bonchev–Trinajstić information content (AvgIpc) is 2.22. The molecule has 1 atom stereocenters. The second-order valence-electron chi connectivity index (χ2n) is 5.16. The molecule has 4 nitrogen and oxygen atoms in total. The van der Waals surface area contributed by atoms with E-state index in [-0.39, 0.29) is 11.7 Å². The number of nitrogens with zero attached hydrogens (tertiary/aromatic N) is 2. The Hall–Kier alpha value is -0.160. The van der Waals surface area contributed by atoms with Gasteiger partial charge in [-0.2, -0.15) is 0 Å². The molecule has 0 unspecified atom stereocenters. The molecule has 0 aliphatic carbocycles. The van der Waals surface area contributed by atoms with E-state index in [0.717, 1.165) is 39.0 Å². The molecule has 2 saturated heterocycles. The van der Waals surface area contributed by atoms with Gasteiger partial charge in [-0.1, -0.05) is 0 Å². The highest BCUT2D eigenvalue weighted by molar-refractivity contribution is 4.94. The molecule has 2 N–H and O–H groups in total. The van der Waals surface area contributed by atoms with Crippen LogP contribution in [-0.4, -0.2) is 68.3 Å². The van der Waals surface area contributed by atoms with Gasteiger partial charge in [0, 0.05) is 32.7 Å². The molecule has 1 spiro atoms. The van der Waals surface area contributed by atoms with Crippen molar-refractivity contribution in [2.24, 2.45) is 5.73 Å². The molecule has 15 heavy (non-hydrogen) atoms. The lowest BCUT2D eigenvalue weighted by molar-refractivity contribution is -0.166. The van der Waals surface area contributed by atoms with Gasteiger partial charge in [0.25, 0.3) is 0 Å². The third-order valence-corrected chi connectivity index (χ3v) is 3.65. The van der Waals surface area contributed by atoms with Crippen LogP contribution in [0.15, 0.2) is 0 Å². The number of morpholine rings is 1. The van der Waals surface area contributed by atoms with Crippen molar-refractivity contribution in [3.8, 4) is 0 Å². The van der Waals surface area contributed by atoms with E-state index in [2.05, 4.69) is 23.9 Å². The summed E-state index contributed by atoms with van der Waals surface area (Å²) >= 11 is 0. The van der Waals surface area contributed by atoms with E-state index in [1.807, 2.05) is 0 Å². The topological polar surface area (TPSA) is 41.7 Å². The summed E-state index contributed by atoms with van der Waals surface area (Å²) in [5, 5.41) is 0. The number of rotatable bonds is 1. The lowest BCUT2D eigenvalue weighted by Gasteiger charge is -2.48. The molecule has 88 valence electrons. The van der Waals surface area contributed by atoms with Crippen LogP contribution < -0.4 is 5.73 Å². The fourth-order valence-corrected chi connectivity index (χ4v) is 2.76. The maximum absolute atomic E-state index is 6.19. The Labute approximate surface area is 92.4 Å². The van der Waals surface area contributed by atoms with Gasteiger partial charge >= 0.3 is 0 Å². The Morgan fingerprint density at radius 3 is 2.53 bits per heavy atom. The minimum absolute atomic E-state index is 0.0869. The van der Waals surface area contributed by atoms with Crippen LogP contribution >= 0.6 is 0 Å². The van der Waals surface area contributed by atoms with Gasteiger partial charge in [-0.15, -0.1) is 0 Å². The van der Waals surface area contributed by atoms with Crippen LogP contribution in [0.5, 0.6) is 0 Å². The van der Waals surface area contributed by atoms with E-state index in [0.29, 0.717) is 6.54 Å². The van der Waals surface area contributed by atoms with Crippen LogP contribution in [0.2, 0.25) is 0 Å². The Kier molecular flexibility index (Phi) is 3.30. The van der Waals surface area contributed by atoms with Crippen LogP contribution in [0, 0.1) is 0 Å². The summed E-state index contributed by atoms with van der Waals surface area (Å²) in [6.07, 6.45) is 2.52. The Morgan fingerprint density at radius 1 is 1.27 bits per heavy atom. The summed E-state index contributed by atoms with van der Waals surface area (Å²) in [4.78, 5) is 4.74. The third-order valence-electron chi connectivity index (χ3n) is 3.65.